The number of benzene rings is 2. The third-order valence-electron chi connectivity index (χ3n) is 6.52. The minimum Gasteiger partial charge on any atom is -0.497 e. The van der Waals surface area contributed by atoms with Crippen LogP contribution in [0.15, 0.2) is 65.3 Å². The molecule has 9 nitrogen and oxygen atoms in total. The number of hydrogen-bond donors (Lipinski definition) is 1. The van der Waals surface area contributed by atoms with Gasteiger partial charge < -0.3 is 29.2 Å². The molecule has 1 saturated heterocycles. The number of rotatable bonds is 8. The summed E-state index contributed by atoms with van der Waals surface area (Å²) >= 11 is 0. The molecule has 2 heterocycles. The molecule has 0 saturated carbocycles. The number of methoxy groups -OCH3 is 1. The average Bonchev–Trinajstić information content (AvgIpc) is 3.49. The van der Waals surface area contributed by atoms with Crippen LogP contribution in [0.3, 0.4) is 0 Å². The fourth-order valence-electron chi connectivity index (χ4n) is 4.41. The van der Waals surface area contributed by atoms with E-state index in [1.807, 2.05) is 24.8 Å². The lowest BCUT2D eigenvalue weighted by Crippen LogP contribution is -2.49. The smallest absolute Gasteiger partial charge is 0.291 e. The molecule has 1 N–H and O–H groups in total. The molecule has 0 aliphatic carbocycles. The molecule has 1 fully saturated rings. The number of furan rings is 1. The highest BCUT2D eigenvalue weighted by Gasteiger charge is 2.26. The van der Waals surface area contributed by atoms with E-state index in [0.29, 0.717) is 61.8 Å². The van der Waals surface area contributed by atoms with Gasteiger partial charge in [0.05, 0.1) is 18.9 Å². The van der Waals surface area contributed by atoms with Gasteiger partial charge in [0.2, 0.25) is 0 Å². The Labute approximate surface area is 216 Å². The van der Waals surface area contributed by atoms with Crippen molar-refractivity contribution in [3.8, 4) is 5.75 Å². The number of ether oxygens (including phenoxy) is 1. The topological polar surface area (TPSA) is 95.3 Å². The van der Waals surface area contributed by atoms with Crippen LogP contribution in [0.5, 0.6) is 5.75 Å². The van der Waals surface area contributed by atoms with Crippen molar-refractivity contribution >= 4 is 29.1 Å². The quantitative estimate of drug-likeness (QED) is 0.499. The largest absolute Gasteiger partial charge is 0.497 e. The first-order valence-corrected chi connectivity index (χ1v) is 12.4. The molecule has 3 amide bonds. The summed E-state index contributed by atoms with van der Waals surface area (Å²) in [5.41, 5.74) is 2.41. The second-order valence-electron chi connectivity index (χ2n) is 8.65. The van der Waals surface area contributed by atoms with Crippen LogP contribution in [0.4, 0.5) is 11.4 Å². The number of anilines is 2. The minimum absolute atomic E-state index is 0.0299. The summed E-state index contributed by atoms with van der Waals surface area (Å²) < 4.78 is 10.4. The van der Waals surface area contributed by atoms with E-state index >= 15 is 0 Å². The van der Waals surface area contributed by atoms with E-state index in [2.05, 4.69) is 10.2 Å². The van der Waals surface area contributed by atoms with Crippen LogP contribution in [-0.2, 0) is 0 Å². The number of hydrogen-bond acceptors (Lipinski definition) is 6. The second kappa shape index (κ2) is 11.6. The van der Waals surface area contributed by atoms with Gasteiger partial charge in [-0.05, 0) is 68.4 Å². The zero-order valence-corrected chi connectivity index (χ0v) is 21.4. The highest BCUT2D eigenvalue weighted by Crippen LogP contribution is 2.28. The van der Waals surface area contributed by atoms with Crippen molar-refractivity contribution in [1.82, 2.24) is 9.80 Å². The fraction of sp³-hybridized carbons (Fsp3) is 0.321. The predicted molar refractivity (Wildman–Crippen MR) is 141 cm³/mol. The monoisotopic (exact) mass is 504 g/mol. The summed E-state index contributed by atoms with van der Waals surface area (Å²) in [5.74, 6) is 0.377. The van der Waals surface area contributed by atoms with Gasteiger partial charge in [0, 0.05) is 56.2 Å². The number of carbonyl (C=O) groups excluding carboxylic acids is 3. The Morgan fingerprint density at radius 2 is 1.68 bits per heavy atom. The molecule has 0 unspecified atom stereocenters. The van der Waals surface area contributed by atoms with Crippen molar-refractivity contribution in [3.63, 3.8) is 0 Å². The van der Waals surface area contributed by atoms with Crippen LogP contribution >= 0.6 is 0 Å². The maximum absolute atomic E-state index is 13.4. The van der Waals surface area contributed by atoms with E-state index in [1.165, 1.54) is 6.26 Å². The number of piperazine rings is 1. The number of amides is 3. The molecular formula is C28H32N4O5. The van der Waals surface area contributed by atoms with Gasteiger partial charge in [-0.15, -0.1) is 0 Å². The maximum Gasteiger partial charge on any atom is 0.291 e. The van der Waals surface area contributed by atoms with E-state index in [0.717, 1.165) is 5.69 Å². The van der Waals surface area contributed by atoms with Crippen molar-refractivity contribution in [1.29, 1.82) is 0 Å². The first kappa shape index (κ1) is 25.8. The third-order valence-corrected chi connectivity index (χ3v) is 6.52. The van der Waals surface area contributed by atoms with Crippen molar-refractivity contribution in [2.75, 3.05) is 56.6 Å². The molecular weight excluding hydrogens is 472 g/mol. The normalized spacial score (nSPS) is 13.3. The van der Waals surface area contributed by atoms with Crippen LogP contribution in [0, 0.1) is 0 Å². The summed E-state index contributed by atoms with van der Waals surface area (Å²) in [7, 11) is 1.59. The highest BCUT2D eigenvalue weighted by molar-refractivity contribution is 6.05. The Morgan fingerprint density at radius 1 is 0.973 bits per heavy atom. The van der Waals surface area contributed by atoms with E-state index in [-0.39, 0.29) is 23.5 Å². The van der Waals surface area contributed by atoms with E-state index in [4.69, 9.17) is 9.15 Å². The second-order valence-corrected chi connectivity index (χ2v) is 8.65. The molecule has 0 bridgehead atoms. The van der Waals surface area contributed by atoms with E-state index in [1.54, 1.807) is 60.5 Å². The lowest BCUT2D eigenvalue weighted by atomic mass is 10.1. The van der Waals surface area contributed by atoms with Crippen LogP contribution in [0.25, 0.3) is 0 Å². The zero-order chi connectivity index (χ0) is 26.4. The summed E-state index contributed by atoms with van der Waals surface area (Å²) in [6, 6.07) is 15.7. The average molecular weight is 505 g/mol. The fourth-order valence-corrected chi connectivity index (χ4v) is 4.41. The van der Waals surface area contributed by atoms with Crippen LogP contribution in [0.1, 0.15) is 45.1 Å². The van der Waals surface area contributed by atoms with Crippen LogP contribution in [0.2, 0.25) is 0 Å². The molecule has 2 aromatic carbocycles. The van der Waals surface area contributed by atoms with Crippen molar-refractivity contribution in [2.24, 2.45) is 0 Å². The SMILES string of the molecule is CCN(CC)C(=O)c1cc(NC(=O)c2ccco2)ccc1N1CCN(C(=O)c2ccc(OC)cc2)CC1. The molecule has 194 valence electrons. The summed E-state index contributed by atoms with van der Waals surface area (Å²) in [5, 5.41) is 2.81. The predicted octanol–water partition coefficient (Wildman–Crippen LogP) is 3.98. The van der Waals surface area contributed by atoms with Crippen molar-refractivity contribution < 1.29 is 23.5 Å². The van der Waals surface area contributed by atoms with Crippen LogP contribution < -0.4 is 15.0 Å². The van der Waals surface area contributed by atoms with Crippen LogP contribution in [-0.4, -0.2) is 73.9 Å². The molecule has 1 aliphatic rings. The Morgan fingerprint density at radius 3 is 2.27 bits per heavy atom. The molecule has 37 heavy (non-hydrogen) atoms. The molecule has 0 spiro atoms. The first-order valence-electron chi connectivity index (χ1n) is 12.4. The summed E-state index contributed by atoms with van der Waals surface area (Å²) in [6.07, 6.45) is 1.44. The molecule has 9 heteroatoms. The summed E-state index contributed by atoms with van der Waals surface area (Å²) in [4.78, 5) is 44.6. The highest BCUT2D eigenvalue weighted by atomic mass is 16.5. The number of nitrogens with one attached hydrogen (secondary N) is 1. The minimum atomic E-state index is -0.385. The van der Waals surface area contributed by atoms with E-state index < -0.39 is 0 Å². The van der Waals surface area contributed by atoms with Gasteiger partial charge in [-0.2, -0.15) is 0 Å². The van der Waals surface area contributed by atoms with Gasteiger partial charge in [0.25, 0.3) is 17.7 Å². The molecule has 3 aromatic rings. The Hall–Kier alpha value is -4.27. The Bertz CT molecular complexity index is 1230. The van der Waals surface area contributed by atoms with Gasteiger partial charge in [0.1, 0.15) is 5.75 Å². The van der Waals surface area contributed by atoms with Crippen molar-refractivity contribution in [2.45, 2.75) is 13.8 Å². The molecule has 0 atom stereocenters. The zero-order valence-electron chi connectivity index (χ0n) is 21.4. The van der Waals surface area contributed by atoms with Crippen molar-refractivity contribution in [3.05, 3.63) is 77.7 Å². The summed E-state index contributed by atoms with van der Waals surface area (Å²) in [6.45, 7) is 7.24. The van der Waals surface area contributed by atoms with Gasteiger partial charge in [-0.3, -0.25) is 14.4 Å². The Balaban J connectivity index is 1.52. The van der Waals surface area contributed by atoms with Gasteiger partial charge in [-0.25, -0.2) is 0 Å². The number of nitrogens with zero attached hydrogens (tertiary/aromatic N) is 3. The third kappa shape index (κ3) is 5.77. The van der Waals surface area contributed by atoms with Gasteiger partial charge >= 0.3 is 0 Å². The Kier molecular flexibility index (Phi) is 8.12. The lowest BCUT2D eigenvalue weighted by Gasteiger charge is -2.37. The van der Waals surface area contributed by atoms with Gasteiger partial charge in [-0.1, -0.05) is 0 Å². The lowest BCUT2D eigenvalue weighted by molar-refractivity contribution is 0.0740. The van der Waals surface area contributed by atoms with E-state index in [9.17, 15) is 14.4 Å². The molecule has 1 aliphatic heterocycles. The molecule has 4 rings (SSSR count). The maximum atomic E-state index is 13.4. The molecule has 1 aromatic heterocycles. The van der Waals surface area contributed by atoms with Gasteiger partial charge in [0.15, 0.2) is 5.76 Å². The molecule has 0 radical (unpaired) electrons. The first-order chi connectivity index (χ1) is 17.9. The standard InChI is InChI=1S/C28H32N4O5/c1-4-30(5-2)28(35)23-19-21(29-26(33)25-7-6-18-37-25)10-13-24(23)31-14-16-32(17-15-31)27(34)20-8-11-22(36-3)12-9-20/h6-13,18-19H,4-5,14-17H2,1-3H3,(H,29,33). The number of carbonyl (C=O) groups is 3.